The molecule has 0 unspecified atom stereocenters. The highest BCUT2D eigenvalue weighted by molar-refractivity contribution is 5.85. The van der Waals surface area contributed by atoms with Gasteiger partial charge in [-0.3, -0.25) is 5.10 Å². The minimum atomic E-state index is 0. The predicted molar refractivity (Wildman–Crippen MR) is 95.6 cm³/mol. The van der Waals surface area contributed by atoms with E-state index in [4.69, 9.17) is 4.74 Å². The number of ether oxygens (including phenoxy) is 1. The van der Waals surface area contributed by atoms with Crippen LogP contribution in [0.1, 0.15) is 44.1 Å². The minimum absolute atomic E-state index is 0. The Hall–Kier alpha value is -1.26. The molecule has 0 amide bonds. The summed E-state index contributed by atoms with van der Waals surface area (Å²) in [5.41, 5.74) is 2.29. The molecule has 1 saturated heterocycles. The lowest BCUT2D eigenvalue weighted by Gasteiger charge is -2.35. The summed E-state index contributed by atoms with van der Waals surface area (Å²) >= 11 is 0. The maximum absolute atomic E-state index is 6.39. The first kappa shape index (κ1) is 16.6. The van der Waals surface area contributed by atoms with Gasteiger partial charge in [-0.1, -0.05) is 0 Å². The fourth-order valence-corrected chi connectivity index (χ4v) is 4.11. The van der Waals surface area contributed by atoms with Crippen molar-refractivity contribution in [2.75, 3.05) is 13.1 Å². The summed E-state index contributed by atoms with van der Waals surface area (Å²) in [7, 11) is 0. The Bertz CT molecular complexity index is 651. The Kier molecular flexibility index (Phi) is 5.12. The van der Waals surface area contributed by atoms with Crippen LogP contribution in [-0.2, 0) is 0 Å². The predicted octanol–water partition coefficient (Wildman–Crippen LogP) is 4.08. The Labute approximate surface area is 144 Å². The van der Waals surface area contributed by atoms with E-state index in [2.05, 4.69) is 34.2 Å². The van der Waals surface area contributed by atoms with E-state index in [0.717, 1.165) is 17.3 Å². The molecule has 2 heterocycles. The van der Waals surface area contributed by atoms with Crippen LogP contribution < -0.4 is 4.74 Å². The summed E-state index contributed by atoms with van der Waals surface area (Å²) < 4.78 is 6.39. The molecule has 4 rings (SSSR count). The summed E-state index contributed by atoms with van der Waals surface area (Å²) in [4.78, 5) is 2.68. The van der Waals surface area contributed by atoms with Crippen molar-refractivity contribution in [2.24, 2.45) is 0 Å². The number of nitrogens with zero attached hydrogens (tertiary/aromatic N) is 2. The monoisotopic (exact) mass is 335 g/mol. The molecule has 1 aliphatic carbocycles. The number of nitrogens with one attached hydrogen (secondary N) is 1. The zero-order chi connectivity index (χ0) is 14.9. The Morgan fingerprint density at radius 3 is 2.83 bits per heavy atom. The first-order valence-electron chi connectivity index (χ1n) is 8.64. The van der Waals surface area contributed by atoms with Crippen molar-refractivity contribution in [3.63, 3.8) is 0 Å². The fourth-order valence-electron chi connectivity index (χ4n) is 4.11. The number of hydrogen-bond acceptors (Lipinski definition) is 3. The van der Waals surface area contributed by atoms with Gasteiger partial charge < -0.3 is 9.64 Å². The van der Waals surface area contributed by atoms with E-state index in [9.17, 15) is 0 Å². The largest absolute Gasteiger partial charge is 0.490 e. The second-order valence-corrected chi connectivity index (χ2v) is 6.82. The van der Waals surface area contributed by atoms with E-state index < -0.39 is 0 Å². The number of H-pyrrole nitrogens is 1. The van der Waals surface area contributed by atoms with E-state index in [-0.39, 0.29) is 12.4 Å². The lowest BCUT2D eigenvalue weighted by molar-refractivity contribution is 0.0882. The Morgan fingerprint density at radius 2 is 2.00 bits per heavy atom. The van der Waals surface area contributed by atoms with Gasteiger partial charge in [-0.25, -0.2) is 0 Å². The third-order valence-electron chi connectivity index (χ3n) is 5.39. The SMILES string of the molecule is Cc1c(O[C@H]2CCC[C@@H](N3CCCC3)C2)ccc2[nH]ncc12.Cl. The van der Waals surface area contributed by atoms with Gasteiger partial charge in [-0.15, -0.1) is 12.4 Å². The van der Waals surface area contributed by atoms with E-state index in [1.807, 2.05) is 6.20 Å². The number of fused-ring (bicyclic) bond motifs is 1. The molecule has 5 heteroatoms. The average molecular weight is 336 g/mol. The van der Waals surface area contributed by atoms with Crippen molar-refractivity contribution in [1.29, 1.82) is 0 Å². The topological polar surface area (TPSA) is 41.1 Å². The van der Waals surface area contributed by atoms with Gasteiger partial charge in [-0.2, -0.15) is 5.10 Å². The Morgan fingerprint density at radius 1 is 1.17 bits per heavy atom. The van der Waals surface area contributed by atoms with Gasteiger partial charge >= 0.3 is 0 Å². The van der Waals surface area contributed by atoms with Crippen LogP contribution in [0.4, 0.5) is 0 Å². The van der Waals surface area contributed by atoms with Gasteiger partial charge in [0, 0.05) is 17.0 Å². The van der Waals surface area contributed by atoms with Crippen molar-refractivity contribution >= 4 is 23.3 Å². The van der Waals surface area contributed by atoms with E-state index in [1.165, 1.54) is 62.6 Å². The highest BCUT2D eigenvalue weighted by Crippen LogP contribution is 2.32. The zero-order valence-corrected chi connectivity index (χ0v) is 14.6. The standard InChI is InChI=1S/C18H25N3O.ClH/c1-13-16-12-19-20-17(16)7-8-18(13)22-15-6-4-5-14(11-15)21-9-2-3-10-21;/h7-8,12,14-15H,2-6,9-11H2,1H3,(H,19,20);1H/t14-,15+;/m1./s1. The van der Waals surface area contributed by atoms with Crippen LogP contribution in [0, 0.1) is 6.92 Å². The molecule has 1 aliphatic heterocycles. The number of hydrogen-bond donors (Lipinski definition) is 1. The van der Waals surface area contributed by atoms with E-state index in [0.29, 0.717) is 6.10 Å². The quantitative estimate of drug-likeness (QED) is 0.918. The molecule has 126 valence electrons. The van der Waals surface area contributed by atoms with Crippen LogP contribution in [0.2, 0.25) is 0 Å². The first-order chi connectivity index (χ1) is 10.8. The van der Waals surface area contributed by atoms with Gasteiger partial charge in [0.2, 0.25) is 0 Å². The third kappa shape index (κ3) is 3.33. The molecule has 1 saturated carbocycles. The normalized spacial score (nSPS) is 25.4. The lowest BCUT2D eigenvalue weighted by atomic mass is 9.91. The van der Waals surface area contributed by atoms with Crippen LogP contribution >= 0.6 is 12.4 Å². The number of halogens is 1. The molecule has 2 aliphatic rings. The molecule has 0 radical (unpaired) electrons. The number of benzene rings is 1. The van der Waals surface area contributed by atoms with Crippen molar-refractivity contribution in [3.05, 3.63) is 23.9 Å². The van der Waals surface area contributed by atoms with Crippen LogP contribution in [0.15, 0.2) is 18.3 Å². The van der Waals surface area contributed by atoms with Gasteiger partial charge in [0.1, 0.15) is 11.9 Å². The second-order valence-electron chi connectivity index (χ2n) is 6.82. The molecule has 2 fully saturated rings. The minimum Gasteiger partial charge on any atom is -0.490 e. The average Bonchev–Trinajstić information content (AvgIpc) is 3.21. The van der Waals surface area contributed by atoms with Crippen LogP contribution in [0.3, 0.4) is 0 Å². The maximum Gasteiger partial charge on any atom is 0.123 e. The highest BCUT2D eigenvalue weighted by atomic mass is 35.5. The Balaban J connectivity index is 0.00000156. The molecule has 1 aromatic carbocycles. The molecule has 23 heavy (non-hydrogen) atoms. The van der Waals surface area contributed by atoms with Crippen molar-refractivity contribution in [1.82, 2.24) is 15.1 Å². The molecular weight excluding hydrogens is 310 g/mol. The first-order valence-corrected chi connectivity index (χ1v) is 8.64. The fraction of sp³-hybridized carbons (Fsp3) is 0.611. The summed E-state index contributed by atoms with van der Waals surface area (Å²) in [6.07, 6.45) is 10.0. The number of aryl methyl sites for hydroxylation is 1. The van der Waals surface area contributed by atoms with Crippen molar-refractivity contribution in [3.8, 4) is 5.75 Å². The van der Waals surface area contributed by atoms with Crippen LogP contribution in [-0.4, -0.2) is 40.3 Å². The summed E-state index contributed by atoms with van der Waals surface area (Å²) in [6, 6.07) is 4.90. The molecule has 2 aromatic rings. The molecule has 4 nitrogen and oxygen atoms in total. The van der Waals surface area contributed by atoms with Gasteiger partial charge in [-0.05, 0) is 70.7 Å². The van der Waals surface area contributed by atoms with Crippen molar-refractivity contribution < 1.29 is 4.74 Å². The summed E-state index contributed by atoms with van der Waals surface area (Å²) in [5, 5.41) is 8.32. The number of aromatic amines is 1. The van der Waals surface area contributed by atoms with E-state index in [1.54, 1.807) is 0 Å². The van der Waals surface area contributed by atoms with Gasteiger partial charge in [0.05, 0.1) is 11.7 Å². The number of rotatable bonds is 3. The number of likely N-dealkylation sites (tertiary alicyclic amines) is 1. The summed E-state index contributed by atoms with van der Waals surface area (Å²) in [6.45, 7) is 4.71. The van der Waals surface area contributed by atoms with Gasteiger partial charge in [0.15, 0.2) is 0 Å². The third-order valence-corrected chi connectivity index (χ3v) is 5.39. The molecule has 1 aromatic heterocycles. The molecule has 0 spiro atoms. The number of aromatic nitrogens is 2. The molecule has 1 N–H and O–H groups in total. The summed E-state index contributed by atoms with van der Waals surface area (Å²) in [5.74, 6) is 1.03. The zero-order valence-electron chi connectivity index (χ0n) is 13.8. The second kappa shape index (κ2) is 7.10. The van der Waals surface area contributed by atoms with Crippen LogP contribution in [0.5, 0.6) is 5.75 Å². The maximum atomic E-state index is 6.39. The van der Waals surface area contributed by atoms with E-state index >= 15 is 0 Å². The highest BCUT2D eigenvalue weighted by Gasteiger charge is 2.29. The molecular formula is C18H26ClN3O. The molecule has 2 atom stereocenters. The van der Waals surface area contributed by atoms with Crippen molar-refractivity contribution in [2.45, 2.75) is 57.6 Å². The lowest BCUT2D eigenvalue weighted by Crippen LogP contribution is -2.40. The smallest absolute Gasteiger partial charge is 0.123 e. The van der Waals surface area contributed by atoms with Gasteiger partial charge in [0.25, 0.3) is 0 Å². The molecule has 0 bridgehead atoms. The van der Waals surface area contributed by atoms with Crippen LogP contribution in [0.25, 0.3) is 10.9 Å².